The number of ketones is 1. The van der Waals surface area contributed by atoms with Crippen molar-refractivity contribution < 1.29 is 4.79 Å². The first-order chi connectivity index (χ1) is 18.3. The molecule has 1 fully saturated rings. The highest BCUT2D eigenvalue weighted by Crippen LogP contribution is 2.33. The van der Waals surface area contributed by atoms with Gasteiger partial charge in [-0.1, -0.05) is 101 Å². The molecule has 1 aliphatic carbocycles. The van der Waals surface area contributed by atoms with Crippen LogP contribution in [0.15, 0.2) is 72.8 Å². The van der Waals surface area contributed by atoms with E-state index in [9.17, 15) is 4.79 Å². The summed E-state index contributed by atoms with van der Waals surface area (Å²) >= 11 is 0. The molecule has 2 aromatic carbocycles. The van der Waals surface area contributed by atoms with Crippen LogP contribution in [0.3, 0.4) is 0 Å². The number of aryl methyl sites for hydroxylation is 1. The summed E-state index contributed by atoms with van der Waals surface area (Å²) < 4.78 is 0. The lowest BCUT2D eigenvalue weighted by atomic mass is 9.85. The van der Waals surface area contributed by atoms with Crippen LogP contribution in [0.25, 0.3) is 5.57 Å². The summed E-state index contributed by atoms with van der Waals surface area (Å²) in [4.78, 5) is 14.3. The molecule has 2 nitrogen and oxygen atoms in total. The fraction of sp³-hybridized carbons (Fsp3) is 0.472. The van der Waals surface area contributed by atoms with Gasteiger partial charge in [0.25, 0.3) is 0 Å². The van der Waals surface area contributed by atoms with Gasteiger partial charge >= 0.3 is 0 Å². The van der Waals surface area contributed by atoms with Gasteiger partial charge < -0.3 is 4.90 Å². The Balaban J connectivity index is 0.00000195. The molecule has 0 radical (unpaired) electrons. The molecule has 2 aliphatic rings. The maximum Gasteiger partial charge on any atom is 0.159 e. The van der Waals surface area contributed by atoms with Crippen LogP contribution in [0.5, 0.6) is 0 Å². The van der Waals surface area contributed by atoms with Gasteiger partial charge in [0.1, 0.15) is 0 Å². The third kappa shape index (κ3) is 8.14. The molecule has 1 aliphatic heterocycles. The monoisotopic (exact) mass is 511 g/mol. The summed E-state index contributed by atoms with van der Waals surface area (Å²) in [6.07, 6.45) is 13.7. The van der Waals surface area contributed by atoms with Crippen molar-refractivity contribution in [2.24, 2.45) is 11.3 Å². The highest BCUT2D eigenvalue weighted by molar-refractivity contribution is 5.94. The van der Waals surface area contributed by atoms with Crippen molar-refractivity contribution in [3.63, 3.8) is 0 Å². The van der Waals surface area contributed by atoms with Crippen LogP contribution in [-0.4, -0.2) is 30.3 Å². The van der Waals surface area contributed by atoms with Crippen molar-refractivity contribution in [2.45, 2.75) is 80.1 Å². The minimum atomic E-state index is 0.121. The number of rotatable bonds is 9. The molecule has 0 N–H and O–H groups in total. The topological polar surface area (TPSA) is 20.3 Å². The summed E-state index contributed by atoms with van der Waals surface area (Å²) in [5.74, 6) is 0.890. The number of fused-ring (bicyclic) bond motifs is 1. The summed E-state index contributed by atoms with van der Waals surface area (Å²) in [5, 5.41) is 0. The van der Waals surface area contributed by atoms with Gasteiger partial charge in [0.2, 0.25) is 0 Å². The molecule has 2 aromatic rings. The largest absolute Gasteiger partial charge is 0.302 e. The zero-order valence-corrected chi connectivity index (χ0v) is 24.8. The van der Waals surface area contributed by atoms with Crippen LogP contribution in [0.1, 0.15) is 93.4 Å². The van der Waals surface area contributed by atoms with Crippen molar-refractivity contribution in [2.75, 3.05) is 19.6 Å². The number of nitrogens with zero attached hydrogens (tertiary/aromatic N) is 1. The summed E-state index contributed by atoms with van der Waals surface area (Å²) in [7, 11) is 0. The number of hydrogen-bond donors (Lipinski definition) is 0. The van der Waals surface area contributed by atoms with Gasteiger partial charge in [-0.05, 0) is 97.7 Å². The molecule has 0 unspecified atom stereocenters. The molecule has 0 bridgehead atoms. The van der Waals surface area contributed by atoms with E-state index in [0.717, 1.165) is 37.3 Å². The average molecular weight is 512 g/mol. The molecule has 1 heterocycles. The molecular formula is C36H49NO. The van der Waals surface area contributed by atoms with E-state index in [4.69, 9.17) is 0 Å². The summed E-state index contributed by atoms with van der Waals surface area (Å²) in [6.45, 7) is 20.0. The zero-order valence-electron chi connectivity index (χ0n) is 24.8. The molecule has 0 spiro atoms. The Morgan fingerprint density at radius 3 is 2.29 bits per heavy atom. The normalized spacial score (nSPS) is 16.4. The lowest BCUT2D eigenvalue weighted by Crippen LogP contribution is -2.39. The number of piperidine rings is 1. The minimum absolute atomic E-state index is 0.121. The Morgan fingerprint density at radius 2 is 1.68 bits per heavy atom. The maximum atomic E-state index is 11.7. The van der Waals surface area contributed by atoms with Crippen LogP contribution < -0.4 is 0 Å². The third-order valence-corrected chi connectivity index (χ3v) is 8.06. The van der Waals surface area contributed by atoms with Gasteiger partial charge in [-0.25, -0.2) is 0 Å². The molecule has 0 atom stereocenters. The standard InChI is InChI=1S/C34H43NO.C2H6/c1-6-26-11-15-33-31(22-27-8-12-30(13-9-27)25(3)36)14-10-29(23-32(33)21-26)20-28-16-18-35(19-17-28)24-34(4,5)7-2;1-2/h7-15,21,28H,2,6,16-20,22-24H2,1,3-5H3;1-2H3. The van der Waals surface area contributed by atoms with Crippen molar-refractivity contribution in [3.8, 4) is 0 Å². The Kier molecular flexibility index (Phi) is 10.9. The Labute approximate surface area is 232 Å². The quantitative estimate of drug-likeness (QED) is 0.247. The SMILES string of the molecule is C=CC(C)(C)CN1CCC(CC2=CC=C(Cc3ccc(C(C)=O)cc3)c3ccc(CC)cc3C2)CC1.CC. The highest BCUT2D eigenvalue weighted by atomic mass is 16.1. The molecule has 2 heteroatoms. The maximum absolute atomic E-state index is 11.7. The van der Waals surface area contributed by atoms with Crippen LogP contribution in [0.2, 0.25) is 0 Å². The van der Waals surface area contributed by atoms with Crippen molar-refractivity contribution in [1.82, 2.24) is 4.90 Å². The summed E-state index contributed by atoms with van der Waals surface area (Å²) in [6, 6.07) is 15.2. The first-order valence-corrected chi connectivity index (χ1v) is 14.7. The molecule has 0 saturated carbocycles. The second-order valence-electron chi connectivity index (χ2n) is 11.6. The van der Waals surface area contributed by atoms with E-state index < -0.39 is 0 Å². The lowest BCUT2D eigenvalue weighted by molar-refractivity contribution is 0.101. The highest BCUT2D eigenvalue weighted by Gasteiger charge is 2.25. The van der Waals surface area contributed by atoms with Gasteiger partial charge in [0, 0.05) is 12.1 Å². The number of benzene rings is 2. The molecule has 38 heavy (non-hydrogen) atoms. The predicted molar refractivity (Wildman–Crippen MR) is 165 cm³/mol. The number of carbonyl (C=O) groups is 1. The van der Waals surface area contributed by atoms with Crippen molar-refractivity contribution in [3.05, 3.63) is 101 Å². The average Bonchev–Trinajstić information content (AvgIpc) is 3.09. The van der Waals surface area contributed by atoms with E-state index in [-0.39, 0.29) is 11.2 Å². The van der Waals surface area contributed by atoms with E-state index >= 15 is 0 Å². The van der Waals surface area contributed by atoms with Crippen LogP contribution in [-0.2, 0) is 19.3 Å². The number of hydrogen-bond acceptors (Lipinski definition) is 2. The van der Waals surface area contributed by atoms with E-state index in [1.165, 1.54) is 60.2 Å². The van der Waals surface area contributed by atoms with Gasteiger partial charge in [-0.2, -0.15) is 0 Å². The fourth-order valence-electron chi connectivity index (χ4n) is 5.67. The van der Waals surface area contributed by atoms with Crippen molar-refractivity contribution in [1.29, 1.82) is 0 Å². The number of allylic oxidation sites excluding steroid dienone is 4. The molecule has 4 rings (SSSR count). The van der Waals surface area contributed by atoms with Gasteiger partial charge in [-0.15, -0.1) is 6.58 Å². The molecule has 0 amide bonds. The first kappa shape index (κ1) is 29.8. The van der Waals surface area contributed by atoms with E-state index in [1.807, 2.05) is 26.0 Å². The van der Waals surface area contributed by atoms with E-state index in [1.54, 1.807) is 12.5 Å². The Bertz CT molecular complexity index is 1140. The van der Waals surface area contributed by atoms with Gasteiger partial charge in [-0.3, -0.25) is 4.79 Å². The Hall–Kier alpha value is -2.71. The number of carbonyl (C=O) groups excluding carboxylic acids is 1. The molecule has 1 saturated heterocycles. The van der Waals surface area contributed by atoms with E-state index in [2.05, 4.69) is 80.8 Å². The Morgan fingerprint density at radius 1 is 1.03 bits per heavy atom. The predicted octanol–water partition coefficient (Wildman–Crippen LogP) is 8.90. The number of Topliss-reactive ketones (excluding diaryl/α,β-unsaturated/α-hetero) is 1. The lowest BCUT2D eigenvalue weighted by Gasteiger charge is -2.36. The van der Waals surface area contributed by atoms with Crippen molar-refractivity contribution >= 4 is 11.4 Å². The minimum Gasteiger partial charge on any atom is -0.302 e. The van der Waals surface area contributed by atoms with Gasteiger partial charge in [0.05, 0.1) is 0 Å². The van der Waals surface area contributed by atoms with Crippen LogP contribution in [0, 0.1) is 11.3 Å². The van der Waals surface area contributed by atoms with E-state index in [0.29, 0.717) is 0 Å². The van der Waals surface area contributed by atoms with Crippen LogP contribution in [0.4, 0.5) is 0 Å². The third-order valence-electron chi connectivity index (χ3n) is 8.06. The molecular weight excluding hydrogens is 462 g/mol. The molecule has 0 aromatic heterocycles. The second-order valence-corrected chi connectivity index (χ2v) is 11.6. The summed E-state index contributed by atoms with van der Waals surface area (Å²) in [5.41, 5.74) is 9.43. The van der Waals surface area contributed by atoms with Crippen LogP contribution >= 0.6 is 0 Å². The first-order valence-electron chi connectivity index (χ1n) is 14.7. The smallest absolute Gasteiger partial charge is 0.159 e. The number of likely N-dealkylation sites (tertiary alicyclic amines) is 1. The second kappa shape index (κ2) is 13.9. The van der Waals surface area contributed by atoms with Gasteiger partial charge in [0.15, 0.2) is 5.78 Å². The zero-order chi connectivity index (χ0) is 27.7. The fourth-order valence-corrected chi connectivity index (χ4v) is 5.67. The molecule has 204 valence electrons.